The quantitative estimate of drug-likeness (QED) is 0.767. The Bertz CT molecular complexity index is 326. The molecule has 0 aliphatic carbocycles. The molecule has 2 atom stereocenters. The second-order valence-electron chi connectivity index (χ2n) is 5.28. The molecule has 1 rings (SSSR count). The van der Waals surface area contributed by atoms with Crippen LogP contribution >= 0.6 is 0 Å². The van der Waals surface area contributed by atoms with Gasteiger partial charge in [-0.15, -0.1) is 0 Å². The minimum absolute atomic E-state index is 0.0436. The third-order valence-corrected chi connectivity index (χ3v) is 3.41. The molecule has 0 unspecified atom stereocenters. The number of rotatable bonds is 6. The van der Waals surface area contributed by atoms with Crippen LogP contribution in [0.15, 0.2) is 0 Å². The molecule has 1 heterocycles. The van der Waals surface area contributed by atoms with Crippen molar-refractivity contribution in [2.24, 2.45) is 0 Å². The maximum absolute atomic E-state index is 12.0. The van der Waals surface area contributed by atoms with Crippen LogP contribution in [0.3, 0.4) is 0 Å². The molecule has 0 radical (unpaired) electrons. The number of carbonyl (C=O) groups is 1. The molecular weight excluding hydrogens is 275 g/mol. The Balaban J connectivity index is 2.29. The molecule has 118 valence electrons. The maximum atomic E-state index is 12.0. The van der Waals surface area contributed by atoms with E-state index in [0.29, 0.717) is 6.54 Å². The molecule has 0 saturated carbocycles. The van der Waals surface area contributed by atoms with Crippen LogP contribution < -0.4 is 5.32 Å². The second-order valence-corrected chi connectivity index (χ2v) is 5.28. The van der Waals surface area contributed by atoms with E-state index < -0.39 is 18.6 Å². The van der Waals surface area contributed by atoms with Gasteiger partial charge in [-0.2, -0.15) is 13.2 Å². The molecule has 1 aliphatic rings. The average Bonchev–Trinajstić information content (AvgIpc) is 2.66. The highest BCUT2D eigenvalue weighted by molar-refractivity contribution is 5.78. The number of alkyl halides is 3. The number of nitrogens with zero attached hydrogens (tertiary/aromatic N) is 2. The number of hydrogen-bond donors (Lipinski definition) is 1. The third kappa shape index (κ3) is 6.06. The van der Waals surface area contributed by atoms with Crippen LogP contribution in [-0.4, -0.2) is 81.4 Å². The standard InChI is InChI=1S/C12H22F3N3O2/c1-17(7-11(19)16-8-12(13,14)15)5-9-4-10(20-3)6-18(9)2/h9-10H,4-8H2,1-3H3,(H,16,19)/t9-,10-/m0/s1. The molecule has 8 heteroatoms. The molecule has 0 aromatic rings. The molecule has 0 aromatic heterocycles. The van der Waals surface area contributed by atoms with Crippen molar-refractivity contribution < 1.29 is 22.7 Å². The lowest BCUT2D eigenvalue weighted by Gasteiger charge is -2.25. The molecule has 0 aromatic carbocycles. The molecule has 1 aliphatic heterocycles. The van der Waals surface area contributed by atoms with Crippen LogP contribution in [0.2, 0.25) is 0 Å². The van der Waals surface area contributed by atoms with Gasteiger partial charge in [-0.1, -0.05) is 0 Å². The summed E-state index contributed by atoms with van der Waals surface area (Å²) < 4.78 is 41.2. The van der Waals surface area contributed by atoms with Crippen LogP contribution in [0, 0.1) is 0 Å². The number of halogens is 3. The first-order valence-electron chi connectivity index (χ1n) is 6.46. The van der Waals surface area contributed by atoms with Crippen molar-refractivity contribution in [1.29, 1.82) is 0 Å². The number of hydrogen-bond acceptors (Lipinski definition) is 4. The van der Waals surface area contributed by atoms with Gasteiger partial charge in [-0.25, -0.2) is 0 Å². The Kier molecular flexibility index (Phi) is 6.22. The van der Waals surface area contributed by atoms with Gasteiger partial charge in [-0.3, -0.25) is 14.6 Å². The molecule has 0 spiro atoms. The zero-order valence-corrected chi connectivity index (χ0v) is 12.0. The number of carbonyl (C=O) groups excluding carboxylic acids is 1. The zero-order valence-electron chi connectivity index (χ0n) is 12.0. The lowest BCUT2D eigenvalue weighted by Crippen LogP contribution is -2.43. The lowest BCUT2D eigenvalue weighted by molar-refractivity contribution is -0.138. The van der Waals surface area contributed by atoms with E-state index in [1.165, 1.54) is 0 Å². The Morgan fingerprint density at radius 1 is 1.50 bits per heavy atom. The van der Waals surface area contributed by atoms with Crippen LogP contribution in [0.25, 0.3) is 0 Å². The van der Waals surface area contributed by atoms with Gasteiger partial charge in [0, 0.05) is 26.2 Å². The van der Waals surface area contributed by atoms with E-state index in [4.69, 9.17) is 4.74 Å². The first-order chi connectivity index (χ1) is 9.21. The van der Waals surface area contributed by atoms with E-state index in [0.717, 1.165) is 13.0 Å². The normalized spacial score (nSPS) is 24.4. The number of nitrogens with one attached hydrogen (secondary N) is 1. The molecule has 0 bridgehead atoms. The summed E-state index contributed by atoms with van der Waals surface area (Å²) in [6.07, 6.45) is -3.33. The largest absolute Gasteiger partial charge is 0.405 e. The number of likely N-dealkylation sites (N-methyl/N-ethyl adjacent to an activating group) is 2. The summed E-state index contributed by atoms with van der Waals surface area (Å²) in [6, 6.07) is 0.250. The molecule has 1 N–H and O–H groups in total. The SMILES string of the molecule is CO[C@H]1C[C@@H](CN(C)CC(=O)NCC(F)(F)F)N(C)C1. The minimum Gasteiger partial charge on any atom is -0.380 e. The predicted octanol–water partition coefficient (Wildman–Crippen LogP) is 0.316. The fourth-order valence-corrected chi connectivity index (χ4v) is 2.34. The Labute approximate surface area is 117 Å². The Morgan fingerprint density at radius 3 is 2.65 bits per heavy atom. The van der Waals surface area contributed by atoms with Gasteiger partial charge in [0.2, 0.25) is 5.91 Å². The van der Waals surface area contributed by atoms with Crippen molar-refractivity contribution in [3.63, 3.8) is 0 Å². The average molecular weight is 297 g/mol. The summed E-state index contributed by atoms with van der Waals surface area (Å²) in [5, 5.41) is 1.87. The number of ether oxygens (including phenoxy) is 1. The van der Waals surface area contributed by atoms with Crippen molar-refractivity contribution in [3.05, 3.63) is 0 Å². The van der Waals surface area contributed by atoms with Crippen LogP contribution in [-0.2, 0) is 9.53 Å². The number of likely N-dealkylation sites (tertiary alicyclic amines) is 1. The summed E-state index contributed by atoms with van der Waals surface area (Å²) in [5.41, 5.74) is 0. The minimum atomic E-state index is -4.37. The van der Waals surface area contributed by atoms with E-state index >= 15 is 0 Å². The monoisotopic (exact) mass is 297 g/mol. The molecular formula is C12H22F3N3O2. The van der Waals surface area contributed by atoms with Crippen molar-refractivity contribution in [3.8, 4) is 0 Å². The van der Waals surface area contributed by atoms with Crippen LogP contribution in [0.5, 0.6) is 0 Å². The summed E-state index contributed by atoms with van der Waals surface area (Å²) in [6.45, 7) is 0.123. The summed E-state index contributed by atoms with van der Waals surface area (Å²) in [4.78, 5) is 15.2. The van der Waals surface area contributed by atoms with Crippen molar-refractivity contribution in [2.45, 2.75) is 24.7 Å². The van der Waals surface area contributed by atoms with E-state index in [1.54, 1.807) is 19.1 Å². The summed E-state index contributed by atoms with van der Waals surface area (Å²) in [7, 11) is 5.36. The molecule has 20 heavy (non-hydrogen) atoms. The van der Waals surface area contributed by atoms with Gasteiger partial charge in [0.15, 0.2) is 0 Å². The van der Waals surface area contributed by atoms with E-state index in [9.17, 15) is 18.0 Å². The van der Waals surface area contributed by atoms with E-state index in [2.05, 4.69) is 4.90 Å². The molecule has 5 nitrogen and oxygen atoms in total. The Hall–Kier alpha value is -0.860. The fourth-order valence-electron chi connectivity index (χ4n) is 2.34. The van der Waals surface area contributed by atoms with Crippen molar-refractivity contribution in [1.82, 2.24) is 15.1 Å². The smallest absolute Gasteiger partial charge is 0.380 e. The number of methoxy groups -OCH3 is 1. The van der Waals surface area contributed by atoms with E-state index in [1.807, 2.05) is 12.4 Å². The third-order valence-electron chi connectivity index (χ3n) is 3.41. The van der Waals surface area contributed by atoms with Crippen molar-refractivity contribution >= 4 is 5.91 Å². The highest BCUT2D eigenvalue weighted by Gasteiger charge is 2.31. The lowest BCUT2D eigenvalue weighted by atomic mass is 10.2. The Morgan fingerprint density at radius 2 is 2.15 bits per heavy atom. The molecule has 1 saturated heterocycles. The van der Waals surface area contributed by atoms with Crippen LogP contribution in [0.1, 0.15) is 6.42 Å². The summed E-state index contributed by atoms with van der Waals surface area (Å²) in [5.74, 6) is -0.617. The van der Waals surface area contributed by atoms with Gasteiger partial charge in [0.1, 0.15) is 6.54 Å². The highest BCUT2D eigenvalue weighted by Crippen LogP contribution is 2.18. The number of amides is 1. The maximum Gasteiger partial charge on any atom is 0.405 e. The van der Waals surface area contributed by atoms with Gasteiger partial charge < -0.3 is 10.1 Å². The van der Waals surface area contributed by atoms with Gasteiger partial charge >= 0.3 is 6.18 Å². The molecule has 1 amide bonds. The first kappa shape index (κ1) is 17.2. The van der Waals surface area contributed by atoms with Crippen LogP contribution in [0.4, 0.5) is 13.2 Å². The predicted molar refractivity (Wildman–Crippen MR) is 68.4 cm³/mol. The molecule has 1 fully saturated rings. The van der Waals surface area contributed by atoms with Gasteiger partial charge in [0.25, 0.3) is 0 Å². The first-order valence-corrected chi connectivity index (χ1v) is 6.46. The zero-order chi connectivity index (χ0) is 15.3. The second kappa shape index (κ2) is 7.24. The fraction of sp³-hybridized carbons (Fsp3) is 0.917. The van der Waals surface area contributed by atoms with Gasteiger partial charge in [-0.05, 0) is 20.5 Å². The van der Waals surface area contributed by atoms with E-state index in [-0.39, 0.29) is 18.7 Å². The van der Waals surface area contributed by atoms with Gasteiger partial charge in [0.05, 0.1) is 12.6 Å². The highest BCUT2D eigenvalue weighted by atomic mass is 19.4. The summed E-state index contributed by atoms with van der Waals surface area (Å²) >= 11 is 0. The topological polar surface area (TPSA) is 44.8 Å². The van der Waals surface area contributed by atoms with Crippen molar-refractivity contribution in [2.75, 3.05) is 47.4 Å².